The molecule has 0 amide bonds. The van der Waals surface area contributed by atoms with Gasteiger partial charge in [0.2, 0.25) is 0 Å². The first-order valence-electron chi connectivity index (χ1n) is 30.7. The van der Waals surface area contributed by atoms with Crippen LogP contribution >= 0.6 is 0 Å². The van der Waals surface area contributed by atoms with Crippen LogP contribution in [0.4, 0.5) is 39.8 Å². The van der Waals surface area contributed by atoms with E-state index in [2.05, 4.69) is 282 Å². The Morgan fingerprint density at radius 1 is 0.432 bits per heavy atom. The fraction of sp³-hybridized carbons (Fsp3) is 0.377. The third-order valence-corrected chi connectivity index (χ3v) is 21.6. The summed E-state index contributed by atoms with van der Waals surface area (Å²) in [6, 6.07) is 65.9. The highest BCUT2D eigenvalue weighted by Crippen LogP contribution is 2.68. The highest BCUT2D eigenvalue weighted by molar-refractivity contribution is 7.00. The predicted octanol–water partition coefficient (Wildman–Crippen LogP) is 18.2. The summed E-state index contributed by atoms with van der Waals surface area (Å²) in [6.07, 6.45) is 6.73. The van der Waals surface area contributed by atoms with Gasteiger partial charge in [-0.25, -0.2) is 0 Å². The molecule has 0 spiro atoms. The number of hydrogen-bond acceptors (Lipinski definition) is 3. The summed E-state index contributed by atoms with van der Waals surface area (Å²) in [6.45, 7) is 36.6. The fourth-order valence-corrected chi connectivity index (χ4v) is 16.9. The Bertz CT molecular complexity index is 3900. The van der Waals surface area contributed by atoms with Crippen molar-refractivity contribution in [3.05, 3.63) is 214 Å². The Kier molecular flexibility index (Phi) is 11.1. The average Bonchev–Trinajstić information content (AvgIpc) is 3.31. The Labute approximate surface area is 485 Å². The van der Waals surface area contributed by atoms with E-state index in [4.69, 9.17) is 0 Å². The van der Waals surface area contributed by atoms with E-state index >= 15 is 0 Å². The zero-order valence-electron chi connectivity index (χ0n) is 51.3. The van der Waals surface area contributed by atoms with Crippen LogP contribution in [0, 0.1) is 0 Å². The van der Waals surface area contributed by atoms with Crippen LogP contribution in [0.1, 0.15) is 186 Å². The zero-order valence-corrected chi connectivity index (χ0v) is 51.3. The molecule has 4 atom stereocenters. The minimum atomic E-state index is -0.408. The lowest BCUT2D eigenvalue weighted by atomic mass is 9.33. The summed E-state index contributed by atoms with van der Waals surface area (Å²) < 4.78 is 0. The number of aryl methyl sites for hydroxylation is 1. The number of fused-ring (bicyclic) bond motifs is 12. The second-order valence-corrected chi connectivity index (χ2v) is 30.2. The molecule has 1 fully saturated rings. The van der Waals surface area contributed by atoms with E-state index in [0.717, 1.165) is 25.7 Å². The van der Waals surface area contributed by atoms with Crippen LogP contribution < -0.4 is 31.1 Å². The summed E-state index contributed by atoms with van der Waals surface area (Å²) in [5, 5.41) is 0. The third-order valence-electron chi connectivity index (χ3n) is 21.6. The van der Waals surface area contributed by atoms with Gasteiger partial charge < -0.3 is 14.7 Å². The largest absolute Gasteiger partial charge is 0.335 e. The second-order valence-electron chi connectivity index (χ2n) is 30.2. The van der Waals surface area contributed by atoms with Crippen LogP contribution in [0.25, 0.3) is 11.1 Å². The molecule has 0 saturated heterocycles. The number of nitrogens with zero attached hydrogens (tertiary/aromatic N) is 3. The summed E-state index contributed by atoms with van der Waals surface area (Å²) >= 11 is 0. The van der Waals surface area contributed by atoms with E-state index in [1.165, 1.54) is 130 Å². The van der Waals surface area contributed by atoms with Gasteiger partial charge in [0.05, 0.1) is 16.8 Å². The smallest absolute Gasteiger partial charge is 0.252 e. The van der Waals surface area contributed by atoms with Gasteiger partial charge in [-0.2, -0.15) is 0 Å². The van der Waals surface area contributed by atoms with Crippen molar-refractivity contribution >= 4 is 62.9 Å². The van der Waals surface area contributed by atoms with Crippen molar-refractivity contribution in [3.8, 4) is 11.1 Å². The molecule has 8 aromatic rings. The van der Waals surface area contributed by atoms with Gasteiger partial charge in [-0.1, -0.05) is 230 Å². The molecule has 4 aliphatic heterocycles. The van der Waals surface area contributed by atoms with Crippen molar-refractivity contribution < 1.29 is 0 Å². The Balaban J connectivity index is 1.17. The van der Waals surface area contributed by atoms with Gasteiger partial charge in [0.15, 0.2) is 0 Å². The third kappa shape index (κ3) is 7.13. The van der Waals surface area contributed by atoms with Crippen molar-refractivity contribution in [2.75, 3.05) is 14.7 Å². The second kappa shape index (κ2) is 17.2. The van der Waals surface area contributed by atoms with Crippen molar-refractivity contribution in [1.29, 1.82) is 0 Å². The van der Waals surface area contributed by atoms with Crippen LogP contribution in [0.5, 0.6) is 0 Å². The molecule has 4 unspecified atom stereocenters. The summed E-state index contributed by atoms with van der Waals surface area (Å²) in [7, 11) is 0. The van der Waals surface area contributed by atoms with Crippen LogP contribution in [0.2, 0.25) is 0 Å². The van der Waals surface area contributed by atoms with Crippen molar-refractivity contribution in [1.82, 2.24) is 0 Å². The van der Waals surface area contributed by atoms with Crippen LogP contribution in [0.3, 0.4) is 0 Å². The Hall–Kier alpha value is -6.78. The Morgan fingerprint density at radius 3 is 1.70 bits per heavy atom. The molecule has 410 valence electrons. The SMILES string of the molecule is CC(C)(C)c1ccc(N2c3cc(C(C)(C)C)ccc3B3c4cc(C(C)(C)C)cc5c4N(c4cc(N6c7ccc(C(C)(C)C)cc7C7(C)CCc8ccccc8C67C)cc2c43)C2(C)CCCCC52c2ccccc2)c(-c2ccccc2)c1. The van der Waals surface area contributed by atoms with Crippen LogP contribution in [-0.2, 0) is 44.4 Å². The molecular formula is C77H84BN3. The minimum absolute atomic E-state index is 0.0000122. The summed E-state index contributed by atoms with van der Waals surface area (Å²) in [5.41, 5.74) is 27.5. The lowest BCUT2D eigenvalue weighted by Gasteiger charge is -2.55. The molecule has 4 heteroatoms. The minimum Gasteiger partial charge on any atom is -0.335 e. The number of anilines is 7. The van der Waals surface area contributed by atoms with E-state index in [9.17, 15) is 0 Å². The highest BCUT2D eigenvalue weighted by atomic mass is 15.3. The maximum Gasteiger partial charge on any atom is 0.252 e. The molecule has 0 radical (unpaired) electrons. The van der Waals surface area contributed by atoms with Crippen molar-refractivity contribution in [2.45, 2.75) is 186 Å². The Morgan fingerprint density at radius 2 is 1.01 bits per heavy atom. The van der Waals surface area contributed by atoms with Crippen LogP contribution in [0.15, 0.2) is 164 Å². The quantitative estimate of drug-likeness (QED) is 0.163. The molecule has 2 aliphatic carbocycles. The fourth-order valence-electron chi connectivity index (χ4n) is 16.9. The van der Waals surface area contributed by atoms with E-state index < -0.39 is 5.54 Å². The van der Waals surface area contributed by atoms with E-state index in [1.54, 1.807) is 0 Å². The van der Waals surface area contributed by atoms with Gasteiger partial charge in [-0.15, -0.1) is 0 Å². The first-order valence-corrected chi connectivity index (χ1v) is 30.7. The first-order chi connectivity index (χ1) is 38.3. The highest BCUT2D eigenvalue weighted by Gasteiger charge is 2.65. The number of benzene rings is 8. The molecule has 14 rings (SSSR count). The van der Waals surface area contributed by atoms with Gasteiger partial charge in [0.1, 0.15) is 0 Å². The monoisotopic (exact) mass is 1060 g/mol. The molecule has 0 aromatic heterocycles. The normalized spacial score (nSPS) is 23.3. The lowest BCUT2D eigenvalue weighted by Crippen LogP contribution is -2.65. The molecule has 0 bridgehead atoms. The average molecular weight is 1060 g/mol. The summed E-state index contributed by atoms with van der Waals surface area (Å²) in [5.74, 6) is 0. The number of hydrogen-bond donors (Lipinski definition) is 0. The molecule has 4 heterocycles. The zero-order chi connectivity index (χ0) is 56.8. The van der Waals surface area contributed by atoms with Gasteiger partial charge >= 0.3 is 0 Å². The summed E-state index contributed by atoms with van der Waals surface area (Å²) in [4.78, 5) is 8.61. The maximum atomic E-state index is 2.98. The number of rotatable bonds is 4. The molecule has 1 saturated carbocycles. The van der Waals surface area contributed by atoms with Gasteiger partial charge in [-0.3, -0.25) is 0 Å². The van der Waals surface area contributed by atoms with Gasteiger partial charge in [-0.05, 0) is 170 Å². The van der Waals surface area contributed by atoms with Crippen molar-refractivity contribution in [3.63, 3.8) is 0 Å². The molecule has 6 aliphatic rings. The maximum absolute atomic E-state index is 2.98. The van der Waals surface area contributed by atoms with E-state index in [0.29, 0.717) is 0 Å². The lowest BCUT2D eigenvalue weighted by molar-refractivity contribution is 0.215. The molecule has 0 N–H and O–H groups in total. The topological polar surface area (TPSA) is 9.72 Å². The van der Waals surface area contributed by atoms with E-state index in [1.807, 2.05) is 0 Å². The van der Waals surface area contributed by atoms with Crippen LogP contribution in [-0.4, -0.2) is 12.3 Å². The molecule has 3 nitrogen and oxygen atoms in total. The van der Waals surface area contributed by atoms with Gasteiger partial charge in [0, 0.05) is 50.5 Å². The molecule has 8 aromatic carbocycles. The first kappa shape index (κ1) is 52.3. The standard InChI is InChI=1S/C77H84BN3/c1-70(2,3)52-33-36-63(57(42-52)49-26-18-16-19-27-49)79-65-46-54(72(7,8)9)32-35-61(65)78-62-45-55(73(10,11)12)44-60-69(62)81(75(14)39-24-25-40-77(60,75)51-29-20-17-21-30-51)67-48-56(47-66(79)68(67)78)80-64-37-34-53(71(4,5)6)43-59(64)74(13)41-38-50-28-22-23-31-58(50)76(74,80)15/h16-23,26-37,42-48H,24-25,38-41H2,1-15H3. The van der Waals surface area contributed by atoms with Crippen molar-refractivity contribution in [2.24, 2.45) is 0 Å². The molecular weight excluding hydrogens is 978 g/mol. The van der Waals surface area contributed by atoms with Gasteiger partial charge in [0.25, 0.3) is 6.71 Å². The predicted molar refractivity (Wildman–Crippen MR) is 347 cm³/mol. The molecule has 81 heavy (non-hydrogen) atoms. The van der Waals surface area contributed by atoms with E-state index in [-0.39, 0.29) is 44.7 Å².